The molecular weight excluding hydrogens is 334 g/mol. The first-order valence-corrected chi connectivity index (χ1v) is 8.46. The summed E-state index contributed by atoms with van der Waals surface area (Å²) in [5.41, 5.74) is 6.40. The maximum atomic E-state index is 12.2. The van der Waals surface area contributed by atoms with Gasteiger partial charge in [0.05, 0.1) is 9.88 Å². The Morgan fingerprint density at radius 2 is 2.00 bits per heavy atom. The van der Waals surface area contributed by atoms with Gasteiger partial charge in [-0.15, -0.1) is 23.7 Å². The third-order valence-electron chi connectivity index (χ3n) is 3.77. The predicted molar refractivity (Wildman–Crippen MR) is 97.4 cm³/mol. The van der Waals surface area contributed by atoms with E-state index >= 15 is 0 Å². The molecule has 130 valence electrons. The second-order valence-corrected chi connectivity index (χ2v) is 8.09. The Labute approximate surface area is 147 Å². The van der Waals surface area contributed by atoms with Crippen LogP contribution < -0.4 is 16.4 Å². The molecule has 0 spiro atoms. The number of carbonyl (C=O) groups is 2. The van der Waals surface area contributed by atoms with Crippen LogP contribution in [0.1, 0.15) is 48.8 Å². The van der Waals surface area contributed by atoms with Gasteiger partial charge >= 0.3 is 0 Å². The van der Waals surface area contributed by atoms with E-state index in [1.165, 1.54) is 11.3 Å². The summed E-state index contributed by atoms with van der Waals surface area (Å²) in [6.07, 6.45) is 2.33. The molecule has 1 aliphatic rings. The minimum absolute atomic E-state index is 0. The van der Waals surface area contributed by atoms with Crippen molar-refractivity contribution >= 4 is 40.6 Å². The van der Waals surface area contributed by atoms with Crippen molar-refractivity contribution in [2.24, 2.45) is 17.1 Å². The van der Waals surface area contributed by atoms with Crippen LogP contribution in [0.15, 0.2) is 6.07 Å². The maximum absolute atomic E-state index is 12.2. The Balaban J connectivity index is 0.00000264. The SMILES string of the molecule is Cc1cc(NC(=O)C(C)(C)C)sc1C(=O)NCC(N)C1CC1.Cl. The number of anilines is 1. The van der Waals surface area contributed by atoms with Gasteiger partial charge in [-0.1, -0.05) is 20.8 Å². The van der Waals surface area contributed by atoms with Crippen molar-refractivity contribution in [3.05, 3.63) is 16.5 Å². The smallest absolute Gasteiger partial charge is 0.261 e. The van der Waals surface area contributed by atoms with Gasteiger partial charge in [-0.25, -0.2) is 0 Å². The molecule has 4 N–H and O–H groups in total. The number of carbonyl (C=O) groups excluding carboxylic acids is 2. The van der Waals surface area contributed by atoms with Crippen molar-refractivity contribution in [2.75, 3.05) is 11.9 Å². The summed E-state index contributed by atoms with van der Waals surface area (Å²) in [6, 6.07) is 1.88. The third-order valence-corrected chi connectivity index (χ3v) is 4.92. The largest absolute Gasteiger partial charge is 0.350 e. The van der Waals surface area contributed by atoms with Gasteiger partial charge in [0, 0.05) is 18.0 Å². The summed E-state index contributed by atoms with van der Waals surface area (Å²) in [7, 11) is 0. The van der Waals surface area contributed by atoms with Gasteiger partial charge in [-0.2, -0.15) is 0 Å². The first-order valence-electron chi connectivity index (χ1n) is 7.64. The number of hydrogen-bond acceptors (Lipinski definition) is 4. The monoisotopic (exact) mass is 359 g/mol. The highest BCUT2D eigenvalue weighted by molar-refractivity contribution is 7.18. The van der Waals surface area contributed by atoms with Crippen LogP contribution in [0.5, 0.6) is 0 Å². The van der Waals surface area contributed by atoms with E-state index in [0.29, 0.717) is 22.3 Å². The lowest BCUT2D eigenvalue weighted by molar-refractivity contribution is -0.123. The first-order chi connectivity index (χ1) is 10.2. The summed E-state index contributed by atoms with van der Waals surface area (Å²) in [4.78, 5) is 24.9. The number of aryl methyl sites for hydroxylation is 1. The molecule has 0 aliphatic heterocycles. The van der Waals surface area contributed by atoms with Gasteiger partial charge in [-0.3, -0.25) is 9.59 Å². The molecule has 0 bridgehead atoms. The number of nitrogens with two attached hydrogens (primary N) is 1. The molecule has 23 heavy (non-hydrogen) atoms. The molecule has 0 radical (unpaired) electrons. The topological polar surface area (TPSA) is 84.2 Å². The molecule has 1 heterocycles. The molecule has 1 aliphatic carbocycles. The van der Waals surface area contributed by atoms with Gasteiger partial charge in [0.1, 0.15) is 0 Å². The van der Waals surface area contributed by atoms with Gasteiger partial charge < -0.3 is 16.4 Å². The molecule has 7 heteroatoms. The Bertz CT molecular complexity index is 576. The number of hydrogen-bond donors (Lipinski definition) is 3. The Hall–Kier alpha value is -1.11. The standard InChI is InChI=1S/C16H25N3O2S.ClH/c1-9-7-12(19-15(21)16(2,3)4)22-13(9)14(20)18-8-11(17)10-5-6-10;/h7,10-11H,5-6,8,17H2,1-4H3,(H,18,20)(H,19,21);1H. The van der Waals surface area contributed by atoms with E-state index in [9.17, 15) is 9.59 Å². The number of rotatable bonds is 5. The predicted octanol–water partition coefficient (Wildman–Crippen LogP) is 2.93. The lowest BCUT2D eigenvalue weighted by Gasteiger charge is -2.16. The molecule has 1 unspecified atom stereocenters. The normalized spacial score (nSPS) is 15.5. The van der Waals surface area contributed by atoms with E-state index in [-0.39, 0.29) is 30.3 Å². The second-order valence-electron chi connectivity index (χ2n) is 7.04. The van der Waals surface area contributed by atoms with Crippen molar-refractivity contribution in [1.82, 2.24) is 5.32 Å². The average molecular weight is 360 g/mol. The van der Waals surface area contributed by atoms with Gasteiger partial charge in [0.15, 0.2) is 0 Å². The average Bonchev–Trinajstić information content (AvgIpc) is 3.19. The van der Waals surface area contributed by atoms with Crippen LogP contribution >= 0.6 is 23.7 Å². The zero-order valence-electron chi connectivity index (χ0n) is 14.1. The number of halogens is 1. The molecule has 1 saturated carbocycles. The quantitative estimate of drug-likeness (QED) is 0.755. The Morgan fingerprint density at radius 3 is 2.52 bits per heavy atom. The van der Waals surface area contributed by atoms with Crippen LogP contribution in [-0.4, -0.2) is 24.4 Å². The number of amides is 2. The molecular formula is C16H26ClN3O2S. The molecule has 5 nitrogen and oxygen atoms in total. The lowest BCUT2D eigenvalue weighted by atomic mass is 9.96. The first kappa shape index (κ1) is 19.9. The lowest BCUT2D eigenvalue weighted by Crippen LogP contribution is -2.38. The van der Waals surface area contributed by atoms with Crippen LogP contribution in [0.3, 0.4) is 0 Å². The van der Waals surface area contributed by atoms with E-state index < -0.39 is 5.41 Å². The fourth-order valence-corrected chi connectivity index (χ4v) is 3.03. The van der Waals surface area contributed by atoms with E-state index in [2.05, 4.69) is 10.6 Å². The van der Waals surface area contributed by atoms with Crippen LogP contribution in [0.25, 0.3) is 0 Å². The van der Waals surface area contributed by atoms with Crippen LogP contribution in [0.2, 0.25) is 0 Å². The van der Waals surface area contributed by atoms with Gasteiger partial charge in [-0.05, 0) is 37.3 Å². The molecule has 0 aromatic carbocycles. The maximum Gasteiger partial charge on any atom is 0.261 e. The summed E-state index contributed by atoms with van der Waals surface area (Å²) in [5.74, 6) is 0.387. The summed E-state index contributed by atoms with van der Waals surface area (Å²) >= 11 is 1.30. The van der Waals surface area contributed by atoms with Crippen molar-refractivity contribution in [2.45, 2.75) is 46.6 Å². The fourth-order valence-electron chi connectivity index (χ4n) is 2.05. The Morgan fingerprint density at radius 1 is 1.39 bits per heavy atom. The highest BCUT2D eigenvalue weighted by Gasteiger charge is 2.29. The van der Waals surface area contributed by atoms with Gasteiger partial charge in [0.25, 0.3) is 5.91 Å². The Kier molecular flexibility index (Phi) is 6.62. The van der Waals surface area contributed by atoms with E-state index in [1.807, 2.05) is 33.8 Å². The molecule has 1 aromatic rings. The highest BCUT2D eigenvalue weighted by atomic mass is 35.5. The molecule has 1 aromatic heterocycles. The van der Waals surface area contributed by atoms with E-state index in [1.54, 1.807) is 0 Å². The highest BCUT2D eigenvalue weighted by Crippen LogP contribution is 2.31. The molecule has 1 atom stereocenters. The van der Waals surface area contributed by atoms with E-state index in [0.717, 1.165) is 18.4 Å². The van der Waals surface area contributed by atoms with Crippen LogP contribution in [-0.2, 0) is 4.79 Å². The minimum Gasteiger partial charge on any atom is -0.350 e. The van der Waals surface area contributed by atoms with Crippen molar-refractivity contribution in [1.29, 1.82) is 0 Å². The number of thiophene rings is 1. The fraction of sp³-hybridized carbons (Fsp3) is 0.625. The van der Waals surface area contributed by atoms with Crippen LogP contribution in [0.4, 0.5) is 5.00 Å². The zero-order valence-corrected chi connectivity index (χ0v) is 15.7. The zero-order chi connectivity index (χ0) is 16.5. The number of nitrogens with one attached hydrogen (secondary N) is 2. The third kappa shape index (κ3) is 5.48. The van der Waals surface area contributed by atoms with Crippen molar-refractivity contribution in [3.8, 4) is 0 Å². The summed E-state index contributed by atoms with van der Waals surface area (Å²) < 4.78 is 0. The van der Waals surface area contributed by atoms with Crippen molar-refractivity contribution in [3.63, 3.8) is 0 Å². The minimum atomic E-state index is -0.461. The second kappa shape index (κ2) is 7.64. The van der Waals surface area contributed by atoms with Gasteiger partial charge in [0.2, 0.25) is 5.91 Å². The molecule has 0 saturated heterocycles. The van der Waals surface area contributed by atoms with E-state index in [4.69, 9.17) is 5.73 Å². The van der Waals surface area contributed by atoms with Crippen molar-refractivity contribution < 1.29 is 9.59 Å². The molecule has 2 rings (SSSR count). The molecule has 2 amide bonds. The summed E-state index contributed by atoms with van der Waals surface area (Å²) in [6.45, 7) is 7.95. The summed E-state index contributed by atoms with van der Waals surface area (Å²) in [5, 5.41) is 6.46. The van der Waals surface area contributed by atoms with Crippen LogP contribution in [0, 0.1) is 18.3 Å². The molecule has 1 fully saturated rings.